The average molecular weight is 319 g/mol. The molecule has 0 N–H and O–H groups in total. The summed E-state index contributed by atoms with van der Waals surface area (Å²) in [6.45, 7) is 6.89. The van der Waals surface area contributed by atoms with Crippen LogP contribution in [0.4, 0.5) is 0 Å². The molecule has 5 fully saturated rings. The molecule has 6 atom stereocenters. The molecule has 0 aromatic rings. The first-order valence-electron chi connectivity index (χ1n) is 10.3. The van der Waals surface area contributed by atoms with Crippen LogP contribution in [0.25, 0.3) is 0 Å². The Morgan fingerprint density at radius 1 is 0.783 bits per heavy atom. The highest BCUT2D eigenvalue weighted by atomic mass is 16.7. The molecule has 5 rings (SSSR count). The third-order valence-corrected chi connectivity index (χ3v) is 9.26. The summed E-state index contributed by atoms with van der Waals surface area (Å²) in [7, 11) is 0. The van der Waals surface area contributed by atoms with Crippen molar-refractivity contribution in [1.29, 1.82) is 0 Å². The molecule has 1 heterocycles. The molecule has 0 amide bonds. The Hall–Kier alpha value is -0.0800. The summed E-state index contributed by atoms with van der Waals surface area (Å²) in [6, 6.07) is 0. The predicted molar refractivity (Wildman–Crippen MR) is 91.0 cm³/mol. The smallest absolute Gasteiger partial charge is 0.168 e. The minimum Gasteiger partial charge on any atom is -0.348 e. The molecule has 0 aromatic heterocycles. The van der Waals surface area contributed by atoms with Gasteiger partial charge in [0.05, 0.1) is 13.2 Å². The maximum atomic E-state index is 6.07. The molecule has 130 valence electrons. The van der Waals surface area contributed by atoms with E-state index in [0.29, 0.717) is 10.8 Å². The molecule has 4 saturated carbocycles. The van der Waals surface area contributed by atoms with Gasteiger partial charge in [-0.1, -0.05) is 20.3 Å². The third kappa shape index (κ3) is 2.06. The highest BCUT2D eigenvalue weighted by Gasteiger charge is 2.60. The molecule has 0 aromatic carbocycles. The van der Waals surface area contributed by atoms with Gasteiger partial charge in [-0.3, -0.25) is 0 Å². The van der Waals surface area contributed by atoms with Crippen molar-refractivity contribution in [3.8, 4) is 0 Å². The van der Waals surface area contributed by atoms with E-state index in [2.05, 4.69) is 13.8 Å². The van der Waals surface area contributed by atoms with Crippen molar-refractivity contribution in [1.82, 2.24) is 0 Å². The molecule has 0 radical (unpaired) electrons. The van der Waals surface area contributed by atoms with Crippen LogP contribution in [-0.4, -0.2) is 19.0 Å². The van der Waals surface area contributed by atoms with Crippen molar-refractivity contribution in [2.45, 2.75) is 83.8 Å². The van der Waals surface area contributed by atoms with Gasteiger partial charge in [0.25, 0.3) is 0 Å². The number of hydrogen-bond acceptors (Lipinski definition) is 2. The SMILES string of the molecule is C[C@@]12CCC[C@@H]1[C@@H]1CC[C@H]3CC4(CC[C@]3(C)[C@@H]1CC2)OCCO4. The number of fused-ring (bicyclic) bond motifs is 5. The molecule has 2 nitrogen and oxygen atoms in total. The lowest BCUT2D eigenvalue weighted by atomic mass is 9.45. The minimum atomic E-state index is -0.187. The van der Waals surface area contributed by atoms with E-state index in [4.69, 9.17) is 9.47 Å². The van der Waals surface area contributed by atoms with Crippen LogP contribution in [-0.2, 0) is 9.47 Å². The standard InChI is InChI=1S/C21H34O2/c1-19-8-3-4-17(19)16-6-5-15-14-21(22-12-13-23-21)11-10-20(15,2)18(16)7-9-19/h15-18H,3-14H2,1-2H3/t15-,16-,17+,18+,19-,20-/m0/s1. The predicted octanol–water partition coefficient (Wildman–Crippen LogP) is 5.16. The summed E-state index contributed by atoms with van der Waals surface area (Å²) in [5.74, 6) is 3.69. The Morgan fingerprint density at radius 3 is 2.43 bits per heavy atom. The van der Waals surface area contributed by atoms with Crippen molar-refractivity contribution < 1.29 is 9.47 Å². The number of hydrogen-bond donors (Lipinski definition) is 0. The lowest BCUT2D eigenvalue weighted by molar-refractivity contribution is -0.229. The lowest BCUT2D eigenvalue weighted by Crippen LogP contribution is -2.55. The fourth-order valence-electron chi connectivity index (χ4n) is 7.95. The minimum absolute atomic E-state index is 0.187. The summed E-state index contributed by atoms with van der Waals surface area (Å²) in [6.07, 6.45) is 14.1. The molecule has 4 aliphatic carbocycles. The average Bonchev–Trinajstić information content (AvgIpc) is 3.15. The second kappa shape index (κ2) is 4.97. The molecule has 23 heavy (non-hydrogen) atoms. The Bertz CT molecular complexity index is 482. The first kappa shape index (κ1) is 15.2. The second-order valence-corrected chi connectivity index (χ2v) is 10.1. The van der Waals surface area contributed by atoms with Crippen LogP contribution >= 0.6 is 0 Å². The zero-order chi connectivity index (χ0) is 15.7. The van der Waals surface area contributed by atoms with Gasteiger partial charge < -0.3 is 9.47 Å². The monoisotopic (exact) mass is 318 g/mol. The quantitative estimate of drug-likeness (QED) is 0.614. The van der Waals surface area contributed by atoms with Crippen LogP contribution in [0.2, 0.25) is 0 Å². The highest BCUT2D eigenvalue weighted by Crippen LogP contribution is 2.67. The van der Waals surface area contributed by atoms with Crippen LogP contribution in [0.15, 0.2) is 0 Å². The second-order valence-electron chi connectivity index (χ2n) is 10.1. The Labute approximate surface area is 141 Å². The van der Waals surface area contributed by atoms with Crippen LogP contribution in [0.1, 0.15) is 78.1 Å². The summed E-state index contributed by atoms with van der Waals surface area (Å²) >= 11 is 0. The molecule has 2 heteroatoms. The van der Waals surface area contributed by atoms with E-state index >= 15 is 0 Å². The largest absolute Gasteiger partial charge is 0.348 e. The van der Waals surface area contributed by atoms with E-state index in [1.165, 1.54) is 57.8 Å². The summed E-state index contributed by atoms with van der Waals surface area (Å²) in [4.78, 5) is 0. The van der Waals surface area contributed by atoms with Crippen molar-refractivity contribution in [3.63, 3.8) is 0 Å². The molecule has 1 spiro atoms. The third-order valence-electron chi connectivity index (χ3n) is 9.26. The molecule has 5 aliphatic rings. The lowest BCUT2D eigenvalue weighted by Gasteiger charge is -2.61. The van der Waals surface area contributed by atoms with E-state index in [1.54, 1.807) is 0 Å². The Balaban J connectivity index is 1.41. The number of rotatable bonds is 0. The van der Waals surface area contributed by atoms with Gasteiger partial charge >= 0.3 is 0 Å². The molecule has 1 saturated heterocycles. The normalized spacial score (nSPS) is 54.5. The van der Waals surface area contributed by atoms with Gasteiger partial charge in [0.1, 0.15) is 0 Å². The van der Waals surface area contributed by atoms with E-state index in [1.807, 2.05) is 0 Å². The summed E-state index contributed by atoms with van der Waals surface area (Å²) in [5, 5.41) is 0. The zero-order valence-electron chi connectivity index (χ0n) is 15.1. The molecule has 0 bridgehead atoms. The molecular formula is C21H34O2. The zero-order valence-corrected chi connectivity index (χ0v) is 15.1. The van der Waals surface area contributed by atoms with E-state index < -0.39 is 0 Å². The van der Waals surface area contributed by atoms with E-state index in [9.17, 15) is 0 Å². The fourth-order valence-corrected chi connectivity index (χ4v) is 7.95. The van der Waals surface area contributed by atoms with Crippen LogP contribution in [0, 0.1) is 34.5 Å². The fraction of sp³-hybridized carbons (Fsp3) is 1.00. The van der Waals surface area contributed by atoms with Gasteiger partial charge in [-0.15, -0.1) is 0 Å². The van der Waals surface area contributed by atoms with Crippen molar-refractivity contribution in [3.05, 3.63) is 0 Å². The highest BCUT2D eigenvalue weighted by molar-refractivity contribution is 5.08. The number of ether oxygens (including phenoxy) is 2. The topological polar surface area (TPSA) is 18.5 Å². The van der Waals surface area contributed by atoms with Crippen LogP contribution in [0.5, 0.6) is 0 Å². The van der Waals surface area contributed by atoms with E-state index in [-0.39, 0.29) is 5.79 Å². The van der Waals surface area contributed by atoms with Crippen molar-refractivity contribution in [2.24, 2.45) is 34.5 Å². The maximum Gasteiger partial charge on any atom is 0.168 e. The first-order valence-corrected chi connectivity index (χ1v) is 10.3. The maximum absolute atomic E-state index is 6.07. The van der Waals surface area contributed by atoms with Gasteiger partial charge in [-0.05, 0) is 79.4 Å². The van der Waals surface area contributed by atoms with Crippen molar-refractivity contribution >= 4 is 0 Å². The van der Waals surface area contributed by atoms with Crippen LogP contribution in [0.3, 0.4) is 0 Å². The molecular weight excluding hydrogens is 284 g/mol. The Kier molecular flexibility index (Phi) is 3.29. The molecule has 0 unspecified atom stereocenters. The Morgan fingerprint density at radius 2 is 1.61 bits per heavy atom. The van der Waals surface area contributed by atoms with Crippen LogP contribution < -0.4 is 0 Å². The summed E-state index contributed by atoms with van der Waals surface area (Å²) < 4.78 is 12.1. The van der Waals surface area contributed by atoms with Gasteiger partial charge in [-0.25, -0.2) is 0 Å². The van der Waals surface area contributed by atoms with Gasteiger partial charge in [0.2, 0.25) is 0 Å². The van der Waals surface area contributed by atoms with Crippen molar-refractivity contribution in [2.75, 3.05) is 13.2 Å². The summed E-state index contributed by atoms with van der Waals surface area (Å²) in [5.41, 5.74) is 1.26. The first-order chi connectivity index (χ1) is 11.0. The van der Waals surface area contributed by atoms with Gasteiger partial charge in [-0.2, -0.15) is 0 Å². The molecule has 1 aliphatic heterocycles. The van der Waals surface area contributed by atoms with E-state index in [0.717, 1.165) is 43.3 Å². The van der Waals surface area contributed by atoms with Gasteiger partial charge in [0.15, 0.2) is 5.79 Å². The van der Waals surface area contributed by atoms with Gasteiger partial charge in [0, 0.05) is 12.8 Å².